The molecule has 8 heteroatoms. The van der Waals surface area contributed by atoms with E-state index >= 15 is 0 Å². The summed E-state index contributed by atoms with van der Waals surface area (Å²) >= 11 is 3.45. The van der Waals surface area contributed by atoms with Crippen LogP contribution in [0, 0.1) is 11.8 Å². The third kappa shape index (κ3) is 7.27. The van der Waals surface area contributed by atoms with Gasteiger partial charge >= 0.3 is 0 Å². The van der Waals surface area contributed by atoms with Gasteiger partial charge in [-0.3, -0.25) is 14.6 Å². The Morgan fingerprint density at radius 3 is 2.59 bits per heavy atom. The molecule has 2 aliphatic heterocycles. The minimum Gasteiger partial charge on any atom is -0.352 e. The van der Waals surface area contributed by atoms with Crippen LogP contribution in [0.3, 0.4) is 0 Å². The van der Waals surface area contributed by atoms with Crippen molar-refractivity contribution in [2.75, 3.05) is 26.2 Å². The third-order valence-electron chi connectivity index (χ3n) is 7.41. The highest BCUT2D eigenvalue weighted by Gasteiger charge is 2.27. The molecule has 2 aliphatic rings. The fourth-order valence-electron chi connectivity index (χ4n) is 5.50. The Morgan fingerprint density at radius 1 is 1.03 bits per heavy atom. The quantitative estimate of drug-likeness (QED) is 0.401. The van der Waals surface area contributed by atoms with E-state index < -0.39 is 0 Å². The third-order valence-corrected chi connectivity index (χ3v) is 7.94. The predicted octanol–water partition coefficient (Wildman–Crippen LogP) is 5.26. The molecule has 0 aliphatic carbocycles. The molecule has 1 amide bonds. The van der Waals surface area contributed by atoms with Crippen molar-refractivity contribution in [2.45, 2.75) is 52.2 Å². The van der Waals surface area contributed by atoms with Gasteiger partial charge in [-0.05, 0) is 80.1 Å². The molecule has 7 nitrogen and oxygen atoms in total. The fourth-order valence-corrected chi connectivity index (χ4v) is 5.76. The lowest BCUT2D eigenvalue weighted by Crippen LogP contribution is -2.42. The molecule has 2 unspecified atom stereocenters. The first kappa shape index (κ1) is 26.1. The van der Waals surface area contributed by atoms with Crippen LogP contribution in [-0.4, -0.2) is 52.0 Å². The molecule has 1 aromatic heterocycles. The molecule has 0 spiro atoms. The maximum atomic E-state index is 13.0. The largest absolute Gasteiger partial charge is 0.352 e. The van der Waals surface area contributed by atoms with Gasteiger partial charge in [0, 0.05) is 36.2 Å². The van der Waals surface area contributed by atoms with Gasteiger partial charge in [-0.25, -0.2) is 0 Å². The van der Waals surface area contributed by atoms with Crippen molar-refractivity contribution >= 4 is 21.8 Å². The molecule has 0 bridgehead atoms. The average molecular weight is 567 g/mol. The van der Waals surface area contributed by atoms with E-state index in [-0.39, 0.29) is 11.8 Å². The van der Waals surface area contributed by atoms with Crippen molar-refractivity contribution in [1.29, 1.82) is 0 Å². The first-order chi connectivity index (χ1) is 18.0. The van der Waals surface area contributed by atoms with Gasteiger partial charge in [-0.1, -0.05) is 52.3 Å². The highest BCUT2D eigenvalue weighted by atomic mass is 79.9. The van der Waals surface area contributed by atoms with Crippen LogP contribution in [0.1, 0.15) is 49.6 Å². The SMILES string of the molecule is CC1CCCN(Cc2cccc(CNC(=O)C3CCCN(Cc4nc(-c5ccc(Br)cc5)no4)C3)c2)C1. The van der Waals surface area contributed by atoms with E-state index in [4.69, 9.17) is 4.52 Å². The highest BCUT2D eigenvalue weighted by Crippen LogP contribution is 2.22. The topological polar surface area (TPSA) is 74.5 Å². The van der Waals surface area contributed by atoms with E-state index in [9.17, 15) is 4.79 Å². The Hall–Kier alpha value is -2.55. The molecule has 1 N–H and O–H groups in total. The van der Waals surface area contributed by atoms with Crippen LogP contribution < -0.4 is 5.32 Å². The van der Waals surface area contributed by atoms with Crippen LogP contribution in [0.25, 0.3) is 11.4 Å². The Bertz CT molecular complexity index is 1180. The molecule has 5 rings (SSSR count). The molecule has 2 aromatic carbocycles. The molecule has 2 saturated heterocycles. The van der Waals surface area contributed by atoms with Gasteiger partial charge in [-0.2, -0.15) is 4.98 Å². The van der Waals surface area contributed by atoms with Crippen LogP contribution in [0.15, 0.2) is 57.5 Å². The van der Waals surface area contributed by atoms with Crippen LogP contribution in [0.4, 0.5) is 0 Å². The Kier molecular flexibility index (Phi) is 8.69. The number of likely N-dealkylation sites (tertiary alicyclic amines) is 2. The molecular formula is C29H36BrN5O2. The maximum absolute atomic E-state index is 13.0. The summed E-state index contributed by atoms with van der Waals surface area (Å²) < 4.78 is 6.52. The number of rotatable bonds is 8. The maximum Gasteiger partial charge on any atom is 0.241 e. The molecule has 2 fully saturated rings. The smallest absolute Gasteiger partial charge is 0.241 e. The minimum absolute atomic E-state index is 0.0272. The van der Waals surface area contributed by atoms with Crippen molar-refractivity contribution in [3.05, 3.63) is 70.0 Å². The zero-order chi connectivity index (χ0) is 25.6. The number of carbonyl (C=O) groups is 1. The summed E-state index contributed by atoms with van der Waals surface area (Å²) in [6, 6.07) is 16.5. The number of nitrogens with zero attached hydrogens (tertiary/aromatic N) is 4. The van der Waals surface area contributed by atoms with Crippen LogP contribution >= 0.6 is 15.9 Å². The summed E-state index contributed by atoms with van der Waals surface area (Å²) in [6.07, 6.45) is 4.51. The number of amides is 1. The van der Waals surface area contributed by atoms with Gasteiger partial charge in [0.25, 0.3) is 0 Å². The number of hydrogen-bond acceptors (Lipinski definition) is 6. The molecule has 3 aromatic rings. The summed E-state index contributed by atoms with van der Waals surface area (Å²) in [7, 11) is 0. The monoisotopic (exact) mass is 565 g/mol. The van der Waals surface area contributed by atoms with Gasteiger partial charge in [0.1, 0.15) is 0 Å². The van der Waals surface area contributed by atoms with Crippen molar-refractivity contribution in [1.82, 2.24) is 25.3 Å². The summed E-state index contributed by atoms with van der Waals surface area (Å²) in [6.45, 7) is 8.44. The summed E-state index contributed by atoms with van der Waals surface area (Å²) in [5.74, 6) is 2.05. The molecule has 0 radical (unpaired) electrons. The second-order valence-electron chi connectivity index (χ2n) is 10.6. The van der Waals surface area contributed by atoms with Crippen molar-refractivity contribution < 1.29 is 9.32 Å². The van der Waals surface area contributed by atoms with Gasteiger partial charge in [0.05, 0.1) is 12.5 Å². The van der Waals surface area contributed by atoms with Gasteiger partial charge in [0.15, 0.2) is 0 Å². The van der Waals surface area contributed by atoms with Crippen LogP contribution in [0.2, 0.25) is 0 Å². The van der Waals surface area contributed by atoms with Gasteiger partial charge in [-0.15, -0.1) is 0 Å². The number of aromatic nitrogens is 2. The summed E-state index contributed by atoms with van der Waals surface area (Å²) in [5, 5.41) is 7.32. The number of nitrogens with one attached hydrogen (secondary N) is 1. The Balaban J connectivity index is 1.11. The van der Waals surface area contributed by atoms with Crippen molar-refractivity contribution in [3.63, 3.8) is 0 Å². The molecule has 0 saturated carbocycles. The second kappa shape index (κ2) is 12.3. The Labute approximate surface area is 227 Å². The first-order valence-corrected chi connectivity index (χ1v) is 14.2. The minimum atomic E-state index is -0.0272. The van der Waals surface area contributed by atoms with E-state index in [1.54, 1.807) is 0 Å². The standard InChI is InChI=1S/C29H36BrN5O2/c1-21-5-3-13-34(17-21)18-23-7-2-6-22(15-23)16-31-29(36)25-8-4-14-35(19-25)20-27-32-28(33-37-27)24-9-11-26(30)12-10-24/h2,6-7,9-12,15,21,25H,3-5,8,13-14,16-20H2,1H3,(H,31,36). The van der Waals surface area contributed by atoms with Crippen molar-refractivity contribution in [2.24, 2.45) is 11.8 Å². The van der Waals surface area contributed by atoms with Gasteiger partial charge in [0.2, 0.25) is 17.6 Å². The Morgan fingerprint density at radius 2 is 1.78 bits per heavy atom. The molecule has 3 heterocycles. The predicted molar refractivity (Wildman–Crippen MR) is 147 cm³/mol. The number of benzene rings is 2. The molecule has 196 valence electrons. The number of halogens is 1. The average Bonchev–Trinajstić information content (AvgIpc) is 3.36. The fraction of sp³-hybridized carbons (Fsp3) is 0.483. The van der Waals surface area contributed by atoms with Crippen LogP contribution in [0.5, 0.6) is 0 Å². The van der Waals surface area contributed by atoms with E-state index in [1.165, 1.54) is 31.5 Å². The second-order valence-corrected chi connectivity index (χ2v) is 11.5. The first-order valence-electron chi connectivity index (χ1n) is 13.4. The normalized spacial score (nSPS) is 21.1. The number of piperidine rings is 2. The summed E-state index contributed by atoms with van der Waals surface area (Å²) in [4.78, 5) is 22.4. The van der Waals surface area contributed by atoms with E-state index in [0.717, 1.165) is 47.4 Å². The van der Waals surface area contributed by atoms with E-state index in [0.29, 0.717) is 31.3 Å². The molecule has 37 heavy (non-hydrogen) atoms. The summed E-state index contributed by atoms with van der Waals surface area (Å²) in [5.41, 5.74) is 3.41. The lowest BCUT2D eigenvalue weighted by atomic mass is 9.97. The number of carbonyl (C=O) groups excluding carboxylic acids is 1. The van der Waals surface area contributed by atoms with Crippen molar-refractivity contribution in [3.8, 4) is 11.4 Å². The molecule has 2 atom stereocenters. The van der Waals surface area contributed by atoms with Gasteiger partial charge < -0.3 is 9.84 Å². The van der Waals surface area contributed by atoms with Crippen LogP contribution in [-0.2, 0) is 24.4 Å². The van der Waals surface area contributed by atoms with E-state index in [1.807, 2.05) is 24.3 Å². The highest BCUT2D eigenvalue weighted by molar-refractivity contribution is 9.10. The lowest BCUT2D eigenvalue weighted by molar-refractivity contribution is -0.127. The van der Waals surface area contributed by atoms with E-state index in [2.05, 4.69) is 72.4 Å². The molecular weight excluding hydrogens is 530 g/mol. The lowest BCUT2D eigenvalue weighted by Gasteiger charge is -2.31. The number of hydrogen-bond donors (Lipinski definition) is 1. The zero-order valence-electron chi connectivity index (χ0n) is 21.5. The zero-order valence-corrected chi connectivity index (χ0v) is 23.1.